The van der Waals surface area contributed by atoms with Crippen LogP contribution in [-0.4, -0.2) is 39.6 Å². The molecule has 3 atom stereocenters. The number of nitrogens with zero attached hydrogens (tertiary/aromatic N) is 1. The van der Waals surface area contributed by atoms with Crippen LogP contribution < -0.4 is 0 Å². The van der Waals surface area contributed by atoms with Gasteiger partial charge >= 0.3 is 0 Å². The highest BCUT2D eigenvalue weighted by Crippen LogP contribution is 2.19. The molecular formula is C27H29NO6S. The predicted octanol–water partition coefficient (Wildman–Crippen LogP) is 4.24. The molecule has 0 heterocycles. The third-order valence-electron chi connectivity index (χ3n) is 5.04. The van der Waals surface area contributed by atoms with E-state index in [0.717, 1.165) is 22.9 Å². The van der Waals surface area contributed by atoms with E-state index in [4.69, 9.17) is 18.4 Å². The van der Waals surface area contributed by atoms with Crippen molar-refractivity contribution in [2.75, 3.05) is 12.9 Å². The van der Waals surface area contributed by atoms with Gasteiger partial charge in [-0.3, -0.25) is 4.18 Å². The van der Waals surface area contributed by atoms with Gasteiger partial charge in [-0.2, -0.15) is 13.7 Å². The standard InChI is InChI=1S/C27H29NO6S/c1-35(29,30)34-26(21-31-18-22-11-5-2-6-12-22)27(33-20-24-15-9-4-10-16-24)25(17-28)32-19-23-13-7-3-8-14-23/h2-16,25-27H,18-21H2,1H3/t25-,26+,27+/m1/s1. The first-order valence-electron chi connectivity index (χ1n) is 11.1. The summed E-state index contributed by atoms with van der Waals surface area (Å²) in [5.74, 6) is 0. The van der Waals surface area contributed by atoms with Gasteiger partial charge in [-0.05, 0) is 16.7 Å². The molecule has 3 aromatic carbocycles. The van der Waals surface area contributed by atoms with Crippen molar-refractivity contribution in [3.63, 3.8) is 0 Å². The lowest BCUT2D eigenvalue weighted by Crippen LogP contribution is -2.45. The van der Waals surface area contributed by atoms with Crippen LogP contribution in [0.3, 0.4) is 0 Å². The molecule has 184 valence electrons. The molecule has 0 N–H and O–H groups in total. The van der Waals surface area contributed by atoms with Crippen molar-refractivity contribution in [1.29, 1.82) is 5.26 Å². The minimum atomic E-state index is -3.88. The Labute approximate surface area is 207 Å². The van der Waals surface area contributed by atoms with E-state index in [1.54, 1.807) is 0 Å². The van der Waals surface area contributed by atoms with E-state index >= 15 is 0 Å². The fourth-order valence-corrected chi connectivity index (χ4v) is 4.01. The smallest absolute Gasteiger partial charge is 0.264 e. The van der Waals surface area contributed by atoms with Gasteiger partial charge in [-0.15, -0.1) is 0 Å². The van der Waals surface area contributed by atoms with Crippen LogP contribution in [0.2, 0.25) is 0 Å². The molecule has 0 aliphatic heterocycles. The van der Waals surface area contributed by atoms with Crippen molar-refractivity contribution >= 4 is 10.1 Å². The Kier molecular flexibility index (Phi) is 10.4. The van der Waals surface area contributed by atoms with Crippen LogP contribution in [0.4, 0.5) is 0 Å². The lowest BCUT2D eigenvalue weighted by molar-refractivity contribution is -0.122. The Morgan fingerprint density at radius 1 is 0.743 bits per heavy atom. The van der Waals surface area contributed by atoms with E-state index in [2.05, 4.69) is 6.07 Å². The Morgan fingerprint density at radius 2 is 1.20 bits per heavy atom. The Hall–Kier alpha value is -3.06. The highest BCUT2D eigenvalue weighted by molar-refractivity contribution is 7.86. The first-order valence-corrected chi connectivity index (χ1v) is 13.0. The molecule has 0 bridgehead atoms. The second-order valence-corrected chi connectivity index (χ2v) is 9.55. The maximum atomic E-state index is 12.1. The van der Waals surface area contributed by atoms with Crippen LogP contribution in [0.25, 0.3) is 0 Å². The van der Waals surface area contributed by atoms with E-state index in [1.807, 2.05) is 91.0 Å². The third-order valence-corrected chi connectivity index (χ3v) is 5.64. The minimum absolute atomic E-state index is 0.117. The van der Waals surface area contributed by atoms with E-state index in [-0.39, 0.29) is 26.4 Å². The quantitative estimate of drug-likeness (QED) is 0.309. The van der Waals surface area contributed by atoms with E-state index in [9.17, 15) is 13.7 Å². The predicted molar refractivity (Wildman–Crippen MR) is 131 cm³/mol. The first-order chi connectivity index (χ1) is 16.9. The van der Waals surface area contributed by atoms with Crippen LogP contribution >= 0.6 is 0 Å². The van der Waals surface area contributed by atoms with Gasteiger partial charge in [-0.1, -0.05) is 91.0 Å². The van der Waals surface area contributed by atoms with Crippen molar-refractivity contribution < 1.29 is 26.8 Å². The Morgan fingerprint density at radius 3 is 1.66 bits per heavy atom. The number of hydrogen-bond donors (Lipinski definition) is 0. The average Bonchev–Trinajstić information content (AvgIpc) is 2.86. The third kappa shape index (κ3) is 9.61. The van der Waals surface area contributed by atoms with Crippen molar-refractivity contribution in [3.05, 3.63) is 108 Å². The summed E-state index contributed by atoms with van der Waals surface area (Å²) >= 11 is 0. The second-order valence-electron chi connectivity index (χ2n) is 7.95. The fraction of sp³-hybridized carbons (Fsp3) is 0.296. The summed E-state index contributed by atoms with van der Waals surface area (Å²) in [4.78, 5) is 0. The highest BCUT2D eigenvalue weighted by atomic mass is 32.2. The van der Waals surface area contributed by atoms with Crippen LogP contribution in [0.1, 0.15) is 16.7 Å². The molecule has 8 heteroatoms. The molecule has 0 aliphatic rings. The van der Waals surface area contributed by atoms with Gasteiger partial charge in [0, 0.05) is 0 Å². The molecular weight excluding hydrogens is 466 g/mol. The zero-order chi connectivity index (χ0) is 24.9. The van der Waals surface area contributed by atoms with Gasteiger partial charge in [0.25, 0.3) is 10.1 Å². The molecule has 3 aromatic rings. The summed E-state index contributed by atoms with van der Waals surface area (Å²) in [5.41, 5.74) is 2.65. The molecule has 0 saturated heterocycles. The largest absolute Gasteiger partial charge is 0.374 e. The second kappa shape index (κ2) is 13.7. The summed E-state index contributed by atoms with van der Waals surface area (Å²) in [6.07, 6.45) is -2.28. The highest BCUT2D eigenvalue weighted by Gasteiger charge is 2.35. The topological polar surface area (TPSA) is 94.9 Å². The van der Waals surface area contributed by atoms with Crippen LogP contribution in [0, 0.1) is 11.3 Å². The number of rotatable bonds is 14. The van der Waals surface area contributed by atoms with Crippen molar-refractivity contribution in [2.45, 2.75) is 38.1 Å². The molecule has 0 aromatic heterocycles. The van der Waals surface area contributed by atoms with E-state index in [0.29, 0.717) is 0 Å². The zero-order valence-corrected chi connectivity index (χ0v) is 20.3. The molecule has 7 nitrogen and oxygen atoms in total. The van der Waals surface area contributed by atoms with Gasteiger partial charge in [0.15, 0.2) is 6.10 Å². The fourth-order valence-electron chi connectivity index (χ4n) is 3.39. The molecule has 0 saturated carbocycles. The lowest BCUT2D eigenvalue weighted by atomic mass is 10.1. The molecule has 0 aliphatic carbocycles. The van der Waals surface area contributed by atoms with Crippen LogP contribution in [-0.2, 0) is 48.3 Å². The summed E-state index contributed by atoms with van der Waals surface area (Å²) in [7, 11) is -3.88. The minimum Gasteiger partial charge on any atom is -0.374 e. The van der Waals surface area contributed by atoms with Gasteiger partial charge in [0.2, 0.25) is 0 Å². The maximum Gasteiger partial charge on any atom is 0.264 e. The Bertz CT molecular complexity index is 1150. The summed E-state index contributed by atoms with van der Waals surface area (Å²) in [6.45, 7) is 0.424. The van der Waals surface area contributed by atoms with Gasteiger partial charge in [0.05, 0.1) is 38.8 Å². The van der Waals surface area contributed by atoms with E-state index < -0.39 is 28.4 Å². The number of benzene rings is 3. The number of nitriles is 1. The summed E-state index contributed by atoms with van der Waals surface area (Å²) < 4.78 is 47.2. The van der Waals surface area contributed by atoms with Gasteiger partial charge < -0.3 is 14.2 Å². The van der Waals surface area contributed by atoms with Gasteiger partial charge in [0.1, 0.15) is 12.2 Å². The van der Waals surface area contributed by atoms with Gasteiger partial charge in [-0.25, -0.2) is 0 Å². The molecule has 0 unspecified atom stereocenters. The normalized spacial score (nSPS) is 14.1. The molecule has 35 heavy (non-hydrogen) atoms. The van der Waals surface area contributed by atoms with Crippen LogP contribution in [0.5, 0.6) is 0 Å². The SMILES string of the molecule is CS(=O)(=O)O[C@@H](COCc1ccccc1)[C@@H](OCc1ccccc1)[C@@H](C#N)OCc1ccccc1. The molecule has 0 fully saturated rings. The number of ether oxygens (including phenoxy) is 3. The summed E-state index contributed by atoms with van der Waals surface area (Å²) in [6, 6.07) is 30.3. The summed E-state index contributed by atoms with van der Waals surface area (Å²) in [5, 5.41) is 9.92. The monoisotopic (exact) mass is 495 g/mol. The van der Waals surface area contributed by atoms with Crippen molar-refractivity contribution in [3.8, 4) is 6.07 Å². The molecule has 3 rings (SSSR count). The molecule has 0 amide bonds. The first kappa shape index (κ1) is 26.5. The molecule has 0 spiro atoms. The van der Waals surface area contributed by atoms with E-state index in [1.165, 1.54) is 0 Å². The lowest BCUT2D eigenvalue weighted by Gasteiger charge is -2.29. The van der Waals surface area contributed by atoms with Crippen LogP contribution in [0.15, 0.2) is 91.0 Å². The van der Waals surface area contributed by atoms with Crippen molar-refractivity contribution in [2.24, 2.45) is 0 Å². The zero-order valence-electron chi connectivity index (χ0n) is 19.5. The molecule has 0 radical (unpaired) electrons. The maximum absolute atomic E-state index is 12.1. The average molecular weight is 496 g/mol. The van der Waals surface area contributed by atoms with Crippen molar-refractivity contribution in [1.82, 2.24) is 0 Å². The number of hydrogen-bond acceptors (Lipinski definition) is 7. The Balaban J connectivity index is 1.79.